The van der Waals surface area contributed by atoms with Crippen LogP contribution in [0.15, 0.2) is 73.3 Å². The second kappa shape index (κ2) is 11.3. The highest BCUT2D eigenvalue weighted by molar-refractivity contribution is 6.07. The van der Waals surface area contributed by atoms with E-state index in [0.717, 1.165) is 36.8 Å². The molecule has 1 N–H and O–H groups in total. The summed E-state index contributed by atoms with van der Waals surface area (Å²) >= 11 is 0. The van der Waals surface area contributed by atoms with Gasteiger partial charge in [0.05, 0.1) is 29.0 Å². The predicted molar refractivity (Wildman–Crippen MR) is 142 cm³/mol. The smallest absolute Gasteiger partial charge is 0.256 e. The molecule has 0 spiro atoms. The molecule has 1 saturated heterocycles. The summed E-state index contributed by atoms with van der Waals surface area (Å²) in [7, 11) is 1.47. The molecule has 2 aromatic carbocycles. The number of methoxy groups -OCH3 is 1. The number of aryl methyl sites for hydroxylation is 2. The molecule has 8 heteroatoms. The van der Waals surface area contributed by atoms with Crippen LogP contribution in [-0.4, -0.2) is 51.5 Å². The molecule has 1 aliphatic rings. The molecule has 2 amide bonds. The molecule has 8 nitrogen and oxygen atoms in total. The Hall–Kier alpha value is -4.04. The van der Waals surface area contributed by atoms with E-state index in [1.807, 2.05) is 52.1 Å². The first-order chi connectivity index (χ1) is 18.1. The van der Waals surface area contributed by atoms with Gasteiger partial charge in [-0.15, -0.1) is 0 Å². The van der Waals surface area contributed by atoms with Crippen LogP contribution in [-0.2, 0) is 22.5 Å². The Labute approximate surface area is 216 Å². The first kappa shape index (κ1) is 24.6. The van der Waals surface area contributed by atoms with Crippen LogP contribution in [0.1, 0.15) is 46.8 Å². The van der Waals surface area contributed by atoms with E-state index in [1.54, 1.807) is 18.6 Å². The van der Waals surface area contributed by atoms with Crippen LogP contribution in [0.25, 0.3) is 11.0 Å². The van der Waals surface area contributed by atoms with E-state index < -0.39 is 0 Å². The highest BCUT2D eigenvalue weighted by atomic mass is 16.5. The maximum absolute atomic E-state index is 14.2. The average molecular weight is 498 g/mol. The summed E-state index contributed by atoms with van der Waals surface area (Å²) in [6.45, 7) is 1.28. The van der Waals surface area contributed by atoms with Gasteiger partial charge in [0, 0.05) is 38.3 Å². The summed E-state index contributed by atoms with van der Waals surface area (Å²) in [4.78, 5) is 37.3. The van der Waals surface area contributed by atoms with Crippen molar-refractivity contribution in [3.8, 4) is 0 Å². The highest BCUT2D eigenvalue weighted by Gasteiger charge is 2.31. The molecule has 0 bridgehead atoms. The Morgan fingerprint density at radius 1 is 1.11 bits per heavy atom. The van der Waals surface area contributed by atoms with Gasteiger partial charge in [0.15, 0.2) is 0 Å². The number of rotatable bonds is 8. The molecule has 0 saturated carbocycles. The van der Waals surface area contributed by atoms with Crippen LogP contribution >= 0.6 is 0 Å². The Kier molecular flexibility index (Phi) is 7.56. The van der Waals surface area contributed by atoms with Gasteiger partial charge in [0.2, 0.25) is 5.91 Å². The van der Waals surface area contributed by atoms with Crippen molar-refractivity contribution in [1.29, 1.82) is 0 Å². The maximum Gasteiger partial charge on any atom is 0.256 e. The van der Waals surface area contributed by atoms with E-state index in [1.165, 1.54) is 12.7 Å². The highest BCUT2D eigenvalue weighted by Crippen LogP contribution is 2.34. The fourth-order valence-corrected chi connectivity index (χ4v) is 5.09. The molecule has 1 fully saturated rings. The summed E-state index contributed by atoms with van der Waals surface area (Å²) in [5, 5.41) is 2.85. The van der Waals surface area contributed by atoms with Crippen LogP contribution in [0.2, 0.25) is 0 Å². The molecule has 37 heavy (non-hydrogen) atoms. The van der Waals surface area contributed by atoms with E-state index >= 15 is 0 Å². The number of piperidine rings is 1. The third-order valence-corrected chi connectivity index (χ3v) is 6.82. The number of carbonyl (C=O) groups is 2. The zero-order valence-electron chi connectivity index (χ0n) is 21.0. The lowest BCUT2D eigenvalue weighted by Crippen LogP contribution is -2.38. The minimum Gasteiger partial charge on any atom is -0.375 e. The molecule has 1 unspecified atom stereocenters. The Morgan fingerprint density at radius 3 is 2.76 bits per heavy atom. The molecule has 0 radical (unpaired) electrons. The number of hydrogen-bond donors (Lipinski definition) is 1. The summed E-state index contributed by atoms with van der Waals surface area (Å²) in [5.74, 6) is -0.349. The molecule has 3 heterocycles. The van der Waals surface area contributed by atoms with Crippen molar-refractivity contribution in [1.82, 2.24) is 19.4 Å². The number of carbonyl (C=O) groups excluding carboxylic acids is 2. The largest absolute Gasteiger partial charge is 0.375 e. The van der Waals surface area contributed by atoms with Gasteiger partial charge in [-0.2, -0.15) is 0 Å². The van der Waals surface area contributed by atoms with Crippen molar-refractivity contribution in [3.05, 3.63) is 90.0 Å². The SMILES string of the molecule is COCC(=O)Nc1cc(C(=O)N2CCCCC2c2cccnc2)c2c(c1)ncn2CCc1ccccc1. The monoisotopic (exact) mass is 497 g/mol. The average Bonchev–Trinajstić information content (AvgIpc) is 3.35. The van der Waals surface area contributed by atoms with Gasteiger partial charge in [0.25, 0.3) is 5.91 Å². The Balaban J connectivity index is 1.53. The fourth-order valence-electron chi connectivity index (χ4n) is 5.09. The van der Waals surface area contributed by atoms with Gasteiger partial charge < -0.3 is 19.5 Å². The number of benzene rings is 2. The molecule has 4 aromatic rings. The van der Waals surface area contributed by atoms with Gasteiger partial charge in [-0.05, 0) is 55.0 Å². The zero-order valence-corrected chi connectivity index (χ0v) is 21.0. The lowest BCUT2D eigenvalue weighted by atomic mass is 9.95. The van der Waals surface area contributed by atoms with Crippen LogP contribution in [0.3, 0.4) is 0 Å². The molecule has 1 aliphatic heterocycles. The van der Waals surface area contributed by atoms with Gasteiger partial charge in [-0.1, -0.05) is 36.4 Å². The minimum absolute atomic E-state index is 0.0440. The lowest BCUT2D eigenvalue weighted by molar-refractivity contribution is -0.119. The number of aromatic nitrogens is 3. The first-order valence-electron chi connectivity index (χ1n) is 12.7. The van der Waals surface area contributed by atoms with E-state index in [2.05, 4.69) is 27.4 Å². The van der Waals surface area contributed by atoms with Gasteiger partial charge in [0.1, 0.15) is 6.61 Å². The second-order valence-corrected chi connectivity index (χ2v) is 9.34. The third kappa shape index (κ3) is 5.54. The summed E-state index contributed by atoms with van der Waals surface area (Å²) in [6, 6.07) is 17.7. The number of nitrogens with zero attached hydrogens (tertiary/aromatic N) is 4. The first-order valence-corrected chi connectivity index (χ1v) is 12.7. The topological polar surface area (TPSA) is 89.3 Å². The third-order valence-electron chi connectivity index (χ3n) is 6.82. The molecule has 190 valence electrons. The van der Waals surface area contributed by atoms with Crippen molar-refractivity contribution in [2.75, 3.05) is 25.6 Å². The van der Waals surface area contributed by atoms with E-state index in [-0.39, 0.29) is 24.5 Å². The van der Waals surface area contributed by atoms with Crippen LogP contribution in [0.5, 0.6) is 0 Å². The quantitative estimate of drug-likeness (QED) is 0.384. The summed E-state index contributed by atoms with van der Waals surface area (Å²) in [5.41, 5.74) is 4.76. The maximum atomic E-state index is 14.2. The number of fused-ring (bicyclic) bond motifs is 1. The molecular weight excluding hydrogens is 466 g/mol. The van der Waals surface area contributed by atoms with Crippen LogP contribution < -0.4 is 5.32 Å². The fraction of sp³-hybridized carbons (Fsp3) is 0.310. The Morgan fingerprint density at radius 2 is 1.97 bits per heavy atom. The van der Waals surface area contributed by atoms with Gasteiger partial charge >= 0.3 is 0 Å². The van der Waals surface area contributed by atoms with Crippen molar-refractivity contribution in [2.45, 2.75) is 38.3 Å². The summed E-state index contributed by atoms with van der Waals surface area (Å²) in [6.07, 6.45) is 9.08. The van der Waals surface area contributed by atoms with Crippen molar-refractivity contribution in [2.24, 2.45) is 0 Å². The van der Waals surface area contributed by atoms with E-state index in [0.29, 0.717) is 29.9 Å². The molecular formula is C29H31N5O3. The number of amides is 2. The standard InChI is InChI=1S/C29H31N5O3/c1-37-19-27(35)32-23-16-24(29(36)34-14-6-5-11-26(34)22-10-7-13-30-18-22)28-25(17-23)31-20-33(28)15-12-21-8-3-2-4-9-21/h2-4,7-10,13,16-18,20,26H,5-6,11-12,14-15,19H2,1H3,(H,32,35). The number of likely N-dealkylation sites (tertiary alicyclic amines) is 1. The van der Waals surface area contributed by atoms with Crippen molar-refractivity contribution < 1.29 is 14.3 Å². The normalized spacial score (nSPS) is 15.6. The number of imidazole rings is 1. The van der Waals surface area contributed by atoms with E-state index in [4.69, 9.17) is 4.74 Å². The molecule has 0 aliphatic carbocycles. The van der Waals surface area contributed by atoms with E-state index in [9.17, 15) is 9.59 Å². The Bertz CT molecular complexity index is 1370. The van der Waals surface area contributed by atoms with Crippen molar-refractivity contribution in [3.63, 3.8) is 0 Å². The lowest BCUT2D eigenvalue weighted by Gasteiger charge is -2.36. The second-order valence-electron chi connectivity index (χ2n) is 9.34. The number of nitrogens with one attached hydrogen (secondary N) is 1. The molecule has 1 atom stereocenters. The number of hydrogen-bond acceptors (Lipinski definition) is 5. The van der Waals surface area contributed by atoms with Gasteiger partial charge in [-0.3, -0.25) is 14.6 Å². The molecule has 5 rings (SSSR count). The zero-order chi connectivity index (χ0) is 25.6. The number of ether oxygens (including phenoxy) is 1. The van der Waals surface area contributed by atoms with Crippen molar-refractivity contribution >= 4 is 28.5 Å². The summed E-state index contributed by atoms with van der Waals surface area (Å²) < 4.78 is 7.01. The minimum atomic E-state index is -0.282. The van der Waals surface area contributed by atoms with Crippen LogP contribution in [0, 0.1) is 0 Å². The number of pyridine rings is 1. The van der Waals surface area contributed by atoms with Crippen LogP contribution in [0.4, 0.5) is 5.69 Å². The molecule has 2 aromatic heterocycles. The number of anilines is 1. The predicted octanol–water partition coefficient (Wildman–Crippen LogP) is 4.63. The van der Waals surface area contributed by atoms with Gasteiger partial charge in [-0.25, -0.2) is 4.98 Å².